The van der Waals surface area contributed by atoms with Crippen LogP contribution in [0.2, 0.25) is 0 Å². The molecule has 176 valence electrons. The Morgan fingerprint density at radius 3 is 2.67 bits per heavy atom. The first-order valence-electron chi connectivity index (χ1n) is 11.2. The fraction of sp³-hybridized carbons (Fsp3) is 0.458. The lowest BCUT2D eigenvalue weighted by Crippen LogP contribution is -2.71. The summed E-state index contributed by atoms with van der Waals surface area (Å²) in [5.74, 6) is -2.08. The molecule has 2 saturated heterocycles. The second-order valence-corrected chi connectivity index (χ2v) is 8.77. The van der Waals surface area contributed by atoms with Gasteiger partial charge in [0, 0.05) is 32.4 Å². The van der Waals surface area contributed by atoms with E-state index in [9.17, 15) is 23.9 Å². The number of carbonyl (C=O) groups excluding carboxylic acids is 3. The van der Waals surface area contributed by atoms with Gasteiger partial charge in [-0.25, -0.2) is 4.39 Å². The number of carbonyl (C=O) groups is 3. The van der Waals surface area contributed by atoms with Crippen LogP contribution < -0.4 is 5.32 Å². The van der Waals surface area contributed by atoms with E-state index in [0.717, 1.165) is 19.5 Å². The number of allylic oxidation sites excluding steroid dienone is 1. The van der Waals surface area contributed by atoms with Crippen molar-refractivity contribution in [2.24, 2.45) is 0 Å². The summed E-state index contributed by atoms with van der Waals surface area (Å²) >= 11 is 0. The molecule has 1 aromatic carbocycles. The first kappa shape index (κ1) is 23.1. The summed E-state index contributed by atoms with van der Waals surface area (Å²) in [6, 6.07) is 4.64. The lowest BCUT2D eigenvalue weighted by Gasteiger charge is -2.53. The Labute approximate surface area is 192 Å². The number of hydrogen-bond donors (Lipinski definition) is 2. The van der Waals surface area contributed by atoms with E-state index in [-0.39, 0.29) is 30.0 Å². The van der Waals surface area contributed by atoms with Crippen LogP contribution in [0.4, 0.5) is 4.39 Å². The predicted molar refractivity (Wildman–Crippen MR) is 119 cm³/mol. The zero-order chi connectivity index (χ0) is 23.7. The molecule has 2 N–H and O–H groups in total. The van der Waals surface area contributed by atoms with Gasteiger partial charge in [-0.15, -0.1) is 0 Å². The van der Waals surface area contributed by atoms with Gasteiger partial charge in [-0.05, 0) is 38.0 Å². The number of fused-ring (bicyclic) bond motifs is 2. The summed E-state index contributed by atoms with van der Waals surface area (Å²) in [7, 11) is 0. The summed E-state index contributed by atoms with van der Waals surface area (Å²) in [6.45, 7) is 6.66. The Kier molecular flexibility index (Phi) is 6.62. The third-order valence-corrected chi connectivity index (χ3v) is 6.58. The molecule has 33 heavy (non-hydrogen) atoms. The van der Waals surface area contributed by atoms with Crippen LogP contribution in [0.25, 0.3) is 0 Å². The zero-order valence-electron chi connectivity index (χ0n) is 18.8. The fourth-order valence-electron chi connectivity index (χ4n) is 4.65. The minimum atomic E-state index is -1.61. The lowest BCUT2D eigenvalue weighted by atomic mass is 9.91. The van der Waals surface area contributed by atoms with Crippen molar-refractivity contribution in [1.29, 1.82) is 0 Å². The number of ketones is 1. The molecule has 3 atom stereocenters. The molecule has 3 heterocycles. The number of piperazine rings is 1. The maximum Gasteiger partial charge on any atom is 0.256 e. The summed E-state index contributed by atoms with van der Waals surface area (Å²) in [5.41, 5.74) is 1.68. The Morgan fingerprint density at radius 1 is 1.24 bits per heavy atom. The Bertz CT molecular complexity index is 1010. The van der Waals surface area contributed by atoms with Crippen LogP contribution in [-0.2, 0) is 20.9 Å². The number of hydrogen-bond acceptors (Lipinski definition) is 6. The average Bonchev–Trinajstić information content (AvgIpc) is 2.81. The summed E-state index contributed by atoms with van der Waals surface area (Å²) < 4.78 is 13.1. The molecule has 3 unspecified atom stereocenters. The molecular weight excluding hydrogens is 427 g/mol. The number of Topliss-reactive ketones (excluding diaryl/α,β-unsaturated/α-hetero) is 1. The molecule has 0 bridgehead atoms. The smallest absolute Gasteiger partial charge is 0.256 e. The number of aliphatic hydroxyl groups excluding tert-OH is 1. The minimum Gasteiger partial charge on any atom is -0.382 e. The quantitative estimate of drug-likeness (QED) is 0.503. The molecule has 4 rings (SSSR count). The Hall–Kier alpha value is -3.04. The van der Waals surface area contributed by atoms with Crippen molar-refractivity contribution < 1.29 is 23.9 Å². The lowest BCUT2D eigenvalue weighted by molar-refractivity contribution is -0.165. The van der Waals surface area contributed by atoms with Crippen LogP contribution in [0.1, 0.15) is 25.8 Å². The van der Waals surface area contributed by atoms with Crippen molar-refractivity contribution in [3.05, 3.63) is 59.1 Å². The molecule has 3 aliphatic heterocycles. The first-order chi connectivity index (χ1) is 15.8. The van der Waals surface area contributed by atoms with E-state index in [4.69, 9.17) is 0 Å². The van der Waals surface area contributed by atoms with Crippen molar-refractivity contribution in [3.63, 3.8) is 0 Å². The van der Waals surface area contributed by atoms with E-state index in [0.29, 0.717) is 18.7 Å². The number of benzene rings is 1. The number of nitrogens with zero attached hydrogens (tertiary/aromatic N) is 3. The van der Waals surface area contributed by atoms with E-state index in [2.05, 4.69) is 10.2 Å². The van der Waals surface area contributed by atoms with Crippen LogP contribution in [0.15, 0.2) is 47.7 Å². The average molecular weight is 457 g/mol. The van der Waals surface area contributed by atoms with Crippen molar-refractivity contribution in [2.45, 2.75) is 45.1 Å². The predicted octanol–water partition coefficient (Wildman–Crippen LogP) is 0.780. The molecule has 9 heteroatoms. The molecule has 1 aromatic rings. The highest BCUT2D eigenvalue weighted by Crippen LogP contribution is 2.30. The SMILES string of the molecule is C/C=C(\C)CN1CCCN2C(=O)C3C(O)C(=O)C(C(=O)NCc4ccc(F)cc4)=CN3CC12. The molecule has 0 aliphatic carbocycles. The molecule has 0 aromatic heterocycles. The van der Waals surface area contributed by atoms with Crippen LogP contribution >= 0.6 is 0 Å². The maximum atomic E-state index is 13.2. The number of amides is 2. The number of halogens is 1. The molecule has 0 spiro atoms. The summed E-state index contributed by atoms with van der Waals surface area (Å²) in [5, 5.41) is 13.3. The highest BCUT2D eigenvalue weighted by atomic mass is 19.1. The first-order valence-corrected chi connectivity index (χ1v) is 11.2. The molecule has 0 saturated carbocycles. The molecule has 0 radical (unpaired) electrons. The third kappa shape index (κ3) is 4.56. The van der Waals surface area contributed by atoms with Gasteiger partial charge in [0.2, 0.25) is 11.7 Å². The number of rotatable bonds is 5. The third-order valence-electron chi connectivity index (χ3n) is 6.58. The monoisotopic (exact) mass is 456 g/mol. The van der Waals surface area contributed by atoms with Gasteiger partial charge in [-0.3, -0.25) is 19.3 Å². The van der Waals surface area contributed by atoms with E-state index in [1.807, 2.05) is 19.9 Å². The van der Waals surface area contributed by atoms with Gasteiger partial charge in [0.1, 0.15) is 29.7 Å². The Balaban J connectivity index is 1.54. The van der Waals surface area contributed by atoms with Crippen LogP contribution in [0.5, 0.6) is 0 Å². The van der Waals surface area contributed by atoms with Crippen LogP contribution in [0, 0.1) is 5.82 Å². The van der Waals surface area contributed by atoms with E-state index in [1.165, 1.54) is 23.9 Å². The van der Waals surface area contributed by atoms with Gasteiger partial charge in [0.15, 0.2) is 0 Å². The molecular formula is C24H29FN4O4. The Morgan fingerprint density at radius 2 is 1.97 bits per heavy atom. The van der Waals surface area contributed by atoms with Gasteiger partial charge < -0.3 is 20.2 Å². The molecule has 2 fully saturated rings. The van der Waals surface area contributed by atoms with E-state index in [1.54, 1.807) is 21.9 Å². The molecule has 3 aliphatic rings. The number of aliphatic hydroxyl groups is 1. The highest BCUT2D eigenvalue weighted by molar-refractivity contribution is 6.22. The van der Waals surface area contributed by atoms with Crippen molar-refractivity contribution in [2.75, 3.05) is 26.2 Å². The highest BCUT2D eigenvalue weighted by Gasteiger charge is 2.51. The normalized spacial score (nSPS) is 26.0. The van der Waals surface area contributed by atoms with Gasteiger partial charge >= 0.3 is 0 Å². The summed E-state index contributed by atoms with van der Waals surface area (Å²) in [6.07, 6.45) is 2.46. The van der Waals surface area contributed by atoms with Crippen molar-refractivity contribution in [1.82, 2.24) is 20.0 Å². The molecule has 2 amide bonds. The second-order valence-electron chi connectivity index (χ2n) is 8.77. The molecule has 8 nitrogen and oxygen atoms in total. The summed E-state index contributed by atoms with van der Waals surface area (Å²) in [4.78, 5) is 44.4. The second kappa shape index (κ2) is 9.44. The van der Waals surface area contributed by atoms with Crippen molar-refractivity contribution >= 4 is 17.6 Å². The van der Waals surface area contributed by atoms with E-state index >= 15 is 0 Å². The zero-order valence-corrected chi connectivity index (χ0v) is 18.8. The van der Waals surface area contributed by atoms with Crippen LogP contribution in [-0.4, -0.2) is 81.9 Å². The van der Waals surface area contributed by atoms with Crippen LogP contribution in [0.3, 0.4) is 0 Å². The van der Waals surface area contributed by atoms with Gasteiger partial charge in [-0.2, -0.15) is 0 Å². The van der Waals surface area contributed by atoms with Gasteiger partial charge in [0.05, 0.1) is 6.54 Å². The van der Waals surface area contributed by atoms with Gasteiger partial charge in [0.25, 0.3) is 5.91 Å². The topological polar surface area (TPSA) is 93.2 Å². The minimum absolute atomic E-state index is 0.106. The van der Waals surface area contributed by atoms with Crippen molar-refractivity contribution in [3.8, 4) is 0 Å². The number of nitrogens with one attached hydrogen (secondary N) is 1. The largest absolute Gasteiger partial charge is 0.382 e. The van der Waals surface area contributed by atoms with E-state index < -0.39 is 23.8 Å². The fourth-order valence-corrected chi connectivity index (χ4v) is 4.65. The maximum absolute atomic E-state index is 13.2. The van der Waals surface area contributed by atoms with Gasteiger partial charge in [-0.1, -0.05) is 23.8 Å². The standard InChI is InChI=1S/C24H29FN4O4/c1-3-15(2)12-27-9-4-10-29-19(27)14-28-13-18(21(30)22(31)20(28)24(29)33)23(32)26-11-16-5-7-17(25)8-6-16/h3,5-8,13,19-20,22,31H,4,9-12,14H2,1-2H3,(H,26,32)/b15-3+.